The van der Waals surface area contributed by atoms with Crippen molar-refractivity contribution < 1.29 is 22.7 Å². The molecule has 0 N–H and O–H groups in total. The van der Waals surface area contributed by atoms with Crippen molar-refractivity contribution in [3.05, 3.63) is 27.7 Å². The maximum absolute atomic E-state index is 12.1. The highest BCUT2D eigenvalue weighted by atomic mass is 35.5. The summed E-state index contributed by atoms with van der Waals surface area (Å²) >= 11 is 11.1. The first-order chi connectivity index (χ1) is 7.22. The largest absolute Gasteiger partial charge is 0.573 e. The number of Topliss-reactive ketones (excluding diaryl/α,β-unsaturated/α-hetero) is 1. The van der Waals surface area contributed by atoms with Gasteiger partial charge in [0.15, 0.2) is 11.5 Å². The van der Waals surface area contributed by atoms with Crippen LogP contribution in [0.2, 0.25) is 10.0 Å². The van der Waals surface area contributed by atoms with Gasteiger partial charge in [-0.15, -0.1) is 13.2 Å². The first kappa shape index (κ1) is 13.1. The normalized spacial score (nSPS) is 11.4. The zero-order valence-corrected chi connectivity index (χ0v) is 9.37. The zero-order chi connectivity index (χ0) is 12.5. The Kier molecular flexibility index (Phi) is 3.70. The molecule has 0 aliphatic carbocycles. The van der Waals surface area contributed by atoms with Crippen molar-refractivity contribution in [3.63, 3.8) is 0 Å². The van der Waals surface area contributed by atoms with Crippen LogP contribution in [0.4, 0.5) is 13.2 Å². The molecule has 0 radical (unpaired) electrons. The van der Waals surface area contributed by atoms with Crippen molar-refractivity contribution in [3.8, 4) is 5.75 Å². The Balaban J connectivity index is 3.32. The Labute approximate surface area is 98.9 Å². The van der Waals surface area contributed by atoms with E-state index in [0.29, 0.717) is 0 Å². The molecule has 0 unspecified atom stereocenters. The fourth-order valence-corrected chi connectivity index (χ4v) is 1.38. The fraction of sp³-hybridized carbons (Fsp3) is 0.222. The number of ether oxygens (including phenoxy) is 1. The van der Waals surface area contributed by atoms with Gasteiger partial charge in [0.05, 0.1) is 10.6 Å². The lowest BCUT2D eigenvalue weighted by molar-refractivity contribution is -0.274. The lowest BCUT2D eigenvalue weighted by Crippen LogP contribution is -2.19. The molecule has 7 heteroatoms. The van der Waals surface area contributed by atoms with Gasteiger partial charge in [0.2, 0.25) is 0 Å². The summed E-state index contributed by atoms with van der Waals surface area (Å²) in [6.45, 7) is 1.10. The molecule has 0 atom stereocenters. The van der Waals surface area contributed by atoms with Gasteiger partial charge < -0.3 is 4.74 Å². The molecule has 0 aromatic heterocycles. The van der Waals surface area contributed by atoms with Gasteiger partial charge in [0.1, 0.15) is 5.02 Å². The van der Waals surface area contributed by atoms with Crippen LogP contribution in [0.15, 0.2) is 12.1 Å². The standard InChI is InChI=1S/C9H5Cl2F3O2/c1-4(15)5-2-3-6(10)7(11)8(5)16-9(12,13)14/h2-3H,1H3. The highest BCUT2D eigenvalue weighted by molar-refractivity contribution is 6.43. The second-order valence-corrected chi connectivity index (χ2v) is 3.63. The van der Waals surface area contributed by atoms with Crippen molar-refractivity contribution in [1.29, 1.82) is 0 Å². The number of rotatable bonds is 2. The van der Waals surface area contributed by atoms with E-state index >= 15 is 0 Å². The van der Waals surface area contributed by atoms with Crippen molar-refractivity contribution >= 4 is 29.0 Å². The van der Waals surface area contributed by atoms with Gasteiger partial charge in [0, 0.05) is 0 Å². The Bertz CT molecular complexity index is 429. The van der Waals surface area contributed by atoms with Crippen LogP contribution in [-0.2, 0) is 0 Å². The highest BCUT2D eigenvalue weighted by Gasteiger charge is 2.34. The number of benzene rings is 1. The SMILES string of the molecule is CC(=O)c1ccc(Cl)c(Cl)c1OC(F)(F)F. The molecular formula is C9H5Cl2F3O2. The summed E-state index contributed by atoms with van der Waals surface area (Å²) in [7, 11) is 0. The minimum absolute atomic E-state index is 0.120. The average molecular weight is 273 g/mol. The van der Waals surface area contributed by atoms with Crippen LogP contribution in [0.5, 0.6) is 5.75 Å². The topological polar surface area (TPSA) is 26.3 Å². The Morgan fingerprint density at radius 1 is 1.31 bits per heavy atom. The van der Waals surface area contributed by atoms with Gasteiger partial charge in [-0.3, -0.25) is 4.79 Å². The van der Waals surface area contributed by atoms with Crippen LogP contribution in [0.3, 0.4) is 0 Å². The number of ketones is 1. The third kappa shape index (κ3) is 3.02. The predicted octanol–water partition coefficient (Wildman–Crippen LogP) is 4.09. The molecule has 0 spiro atoms. The monoisotopic (exact) mass is 272 g/mol. The van der Waals surface area contributed by atoms with E-state index in [1.165, 1.54) is 6.07 Å². The second-order valence-electron chi connectivity index (χ2n) is 2.84. The van der Waals surface area contributed by atoms with Gasteiger partial charge in [-0.1, -0.05) is 23.2 Å². The second kappa shape index (κ2) is 4.51. The Morgan fingerprint density at radius 2 is 1.88 bits per heavy atom. The average Bonchev–Trinajstić information content (AvgIpc) is 2.10. The Morgan fingerprint density at radius 3 is 2.31 bits per heavy atom. The maximum Gasteiger partial charge on any atom is 0.573 e. The number of hydrogen-bond acceptors (Lipinski definition) is 2. The van der Waals surface area contributed by atoms with Gasteiger partial charge in [-0.05, 0) is 19.1 Å². The van der Waals surface area contributed by atoms with Crippen LogP contribution < -0.4 is 4.74 Å². The quantitative estimate of drug-likeness (QED) is 0.758. The van der Waals surface area contributed by atoms with E-state index in [1.54, 1.807) is 0 Å². The number of alkyl halides is 3. The van der Waals surface area contributed by atoms with E-state index in [4.69, 9.17) is 23.2 Å². The third-order valence-corrected chi connectivity index (χ3v) is 2.43. The zero-order valence-electron chi connectivity index (χ0n) is 7.86. The summed E-state index contributed by atoms with van der Waals surface area (Å²) in [4.78, 5) is 11.1. The lowest BCUT2D eigenvalue weighted by Gasteiger charge is -2.13. The molecule has 0 aliphatic rings. The molecule has 88 valence electrons. The number of hydrogen-bond donors (Lipinski definition) is 0. The number of halogens is 5. The molecule has 0 aliphatic heterocycles. The molecule has 0 saturated heterocycles. The van der Waals surface area contributed by atoms with Crippen molar-refractivity contribution in [1.82, 2.24) is 0 Å². The third-order valence-electron chi connectivity index (χ3n) is 1.65. The summed E-state index contributed by atoms with van der Waals surface area (Å²) < 4.78 is 39.9. The molecular weight excluding hydrogens is 268 g/mol. The number of carbonyl (C=O) groups excluding carboxylic acids is 1. The number of carbonyl (C=O) groups is 1. The van der Waals surface area contributed by atoms with Crippen molar-refractivity contribution in [2.45, 2.75) is 13.3 Å². The summed E-state index contributed by atoms with van der Waals surface area (Å²) in [5.74, 6) is -1.37. The first-order valence-electron chi connectivity index (χ1n) is 3.97. The molecule has 0 saturated carbocycles. The Hall–Kier alpha value is -0.940. The highest BCUT2D eigenvalue weighted by Crippen LogP contribution is 2.38. The minimum atomic E-state index is -4.93. The summed E-state index contributed by atoms with van der Waals surface area (Å²) in [5.41, 5.74) is -0.272. The van der Waals surface area contributed by atoms with Gasteiger partial charge >= 0.3 is 6.36 Å². The minimum Gasteiger partial charge on any atom is -0.403 e. The van der Waals surface area contributed by atoms with Crippen LogP contribution in [0, 0.1) is 0 Å². The molecule has 0 amide bonds. The van der Waals surface area contributed by atoms with E-state index in [0.717, 1.165) is 13.0 Å². The first-order valence-corrected chi connectivity index (χ1v) is 4.72. The molecule has 1 rings (SSSR count). The van der Waals surface area contributed by atoms with E-state index < -0.39 is 22.9 Å². The van der Waals surface area contributed by atoms with E-state index in [2.05, 4.69) is 4.74 Å². The molecule has 0 heterocycles. The van der Waals surface area contributed by atoms with Gasteiger partial charge in [-0.25, -0.2) is 0 Å². The van der Waals surface area contributed by atoms with Crippen molar-refractivity contribution in [2.24, 2.45) is 0 Å². The predicted molar refractivity (Wildman–Crippen MR) is 53.1 cm³/mol. The van der Waals surface area contributed by atoms with Crippen LogP contribution in [0.1, 0.15) is 17.3 Å². The van der Waals surface area contributed by atoms with Crippen molar-refractivity contribution in [2.75, 3.05) is 0 Å². The van der Waals surface area contributed by atoms with E-state index in [9.17, 15) is 18.0 Å². The van der Waals surface area contributed by atoms with E-state index in [1.807, 2.05) is 0 Å². The molecule has 1 aromatic carbocycles. The molecule has 0 bridgehead atoms. The fourth-order valence-electron chi connectivity index (χ4n) is 1.02. The van der Waals surface area contributed by atoms with E-state index in [-0.39, 0.29) is 10.6 Å². The molecule has 16 heavy (non-hydrogen) atoms. The summed E-state index contributed by atoms with van der Waals surface area (Å²) in [6.07, 6.45) is -4.93. The lowest BCUT2D eigenvalue weighted by atomic mass is 10.1. The maximum atomic E-state index is 12.1. The smallest absolute Gasteiger partial charge is 0.403 e. The summed E-state index contributed by atoms with van der Waals surface area (Å²) in [6, 6.07) is 2.35. The summed E-state index contributed by atoms with van der Waals surface area (Å²) in [5, 5.41) is -0.558. The van der Waals surface area contributed by atoms with Crippen LogP contribution in [-0.4, -0.2) is 12.1 Å². The van der Waals surface area contributed by atoms with Gasteiger partial charge in [0.25, 0.3) is 0 Å². The van der Waals surface area contributed by atoms with Crippen LogP contribution >= 0.6 is 23.2 Å². The molecule has 1 aromatic rings. The molecule has 0 fully saturated rings. The van der Waals surface area contributed by atoms with Gasteiger partial charge in [-0.2, -0.15) is 0 Å². The van der Waals surface area contributed by atoms with Crippen LogP contribution in [0.25, 0.3) is 0 Å². The molecule has 2 nitrogen and oxygen atoms in total.